The molecular formula is C52H64N2O6Si. The minimum atomic E-state index is -3.04. The molecule has 4 aromatic carbocycles. The molecule has 3 aliphatic rings. The molecule has 0 saturated carbocycles. The maximum absolute atomic E-state index is 14.7. The fourth-order valence-electron chi connectivity index (χ4n) is 10.5. The zero-order valence-corrected chi connectivity index (χ0v) is 37.4. The van der Waals surface area contributed by atoms with Gasteiger partial charge in [-0.05, 0) is 76.7 Å². The topological polar surface area (TPSA) is 111 Å². The van der Waals surface area contributed by atoms with E-state index in [-0.39, 0.29) is 48.3 Å². The van der Waals surface area contributed by atoms with Crippen LogP contribution in [0.25, 0.3) is 6.08 Å². The third kappa shape index (κ3) is 9.42. The molecule has 4 atom stereocenters. The first-order valence-corrected chi connectivity index (χ1v) is 24.2. The lowest BCUT2D eigenvalue weighted by molar-refractivity contribution is -0.144. The molecule has 0 radical (unpaired) electrons. The van der Waals surface area contributed by atoms with Crippen LogP contribution in [0.2, 0.25) is 5.04 Å². The predicted octanol–water partition coefficient (Wildman–Crippen LogP) is 7.87. The van der Waals surface area contributed by atoms with Crippen molar-refractivity contribution in [2.45, 2.75) is 96.4 Å². The molecule has 0 bridgehead atoms. The lowest BCUT2D eigenvalue weighted by Gasteiger charge is -2.44. The van der Waals surface area contributed by atoms with Gasteiger partial charge in [-0.1, -0.05) is 155 Å². The molecule has 0 aromatic heterocycles. The number of rotatable bonds is 16. The van der Waals surface area contributed by atoms with Gasteiger partial charge in [0.05, 0.1) is 31.2 Å². The van der Waals surface area contributed by atoms with Gasteiger partial charge in [-0.3, -0.25) is 19.4 Å². The second-order valence-electron chi connectivity index (χ2n) is 18.3. The number of amides is 2. The SMILES string of the molecule is CCC/C(=C\c1ccccc1O)CC[C@@H](O)C1=C(CO[Si](c2ccccc2)(c2ccccc2)C(C)(C)C)C[C@H]2C(=O)N(C3CCN(Cc4ccccc4)CC3)C(=O)[C@H]2[C@H]1CO. The zero-order chi connectivity index (χ0) is 43.1. The summed E-state index contributed by atoms with van der Waals surface area (Å²) in [6.07, 6.45) is 5.32. The van der Waals surface area contributed by atoms with E-state index in [1.165, 1.54) is 5.56 Å². The largest absolute Gasteiger partial charge is 0.507 e. The zero-order valence-electron chi connectivity index (χ0n) is 36.4. The molecule has 4 aromatic rings. The van der Waals surface area contributed by atoms with Crippen LogP contribution >= 0.6 is 0 Å². The van der Waals surface area contributed by atoms with Crippen molar-refractivity contribution in [2.24, 2.45) is 17.8 Å². The van der Waals surface area contributed by atoms with Crippen molar-refractivity contribution in [3.05, 3.63) is 143 Å². The van der Waals surface area contributed by atoms with Crippen molar-refractivity contribution in [3.8, 4) is 5.75 Å². The Kier molecular flexibility index (Phi) is 14.3. The van der Waals surface area contributed by atoms with Crippen molar-refractivity contribution >= 4 is 36.6 Å². The van der Waals surface area contributed by atoms with E-state index in [0.29, 0.717) is 31.3 Å². The van der Waals surface area contributed by atoms with Crippen LogP contribution in [0.5, 0.6) is 5.75 Å². The van der Waals surface area contributed by atoms with Crippen LogP contribution in [0.15, 0.2) is 132 Å². The van der Waals surface area contributed by atoms with E-state index >= 15 is 0 Å². The molecule has 0 unspecified atom stereocenters. The number of hydrogen-bond acceptors (Lipinski definition) is 7. The van der Waals surface area contributed by atoms with Gasteiger partial charge in [0, 0.05) is 37.2 Å². The number of allylic oxidation sites excluding steroid dienone is 1. The van der Waals surface area contributed by atoms with Crippen molar-refractivity contribution in [1.82, 2.24) is 9.80 Å². The van der Waals surface area contributed by atoms with Gasteiger partial charge in [0.1, 0.15) is 5.75 Å². The molecule has 2 fully saturated rings. The number of benzene rings is 4. The molecule has 322 valence electrons. The minimum absolute atomic E-state index is 0.161. The third-order valence-electron chi connectivity index (χ3n) is 13.4. The molecule has 8 nitrogen and oxygen atoms in total. The monoisotopic (exact) mass is 840 g/mol. The van der Waals surface area contributed by atoms with Crippen molar-refractivity contribution < 1.29 is 29.3 Å². The Morgan fingerprint density at radius 3 is 2.00 bits per heavy atom. The molecule has 0 spiro atoms. The highest BCUT2D eigenvalue weighted by Crippen LogP contribution is 2.48. The van der Waals surface area contributed by atoms with Crippen molar-refractivity contribution in [2.75, 3.05) is 26.3 Å². The molecule has 2 amide bonds. The number of phenolic OH excluding ortho intramolecular Hbond substituents is 1. The van der Waals surface area contributed by atoms with Crippen LogP contribution in [-0.2, 0) is 20.6 Å². The maximum Gasteiger partial charge on any atom is 0.261 e. The summed E-state index contributed by atoms with van der Waals surface area (Å²) in [6.45, 7) is 11.0. The number of hydrogen-bond donors (Lipinski definition) is 3. The van der Waals surface area contributed by atoms with Gasteiger partial charge < -0.3 is 19.7 Å². The highest BCUT2D eigenvalue weighted by atomic mass is 28.4. The van der Waals surface area contributed by atoms with E-state index < -0.39 is 32.2 Å². The summed E-state index contributed by atoms with van der Waals surface area (Å²) in [5.41, 5.74) is 4.52. The molecular weight excluding hydrogens is 777 g/mol. The lowest BCUT2D eigenvalue weighted by atomic mass is 9.68. The average Bonchev–Trinajstić information content (AvgIpc) is 3.52. The van der Waals surface area contributed by atoms with Crippen molar-refractivity contribution in [3.63, 3.8) is 0 Å². The van der Waals surface area contributed by atoms with Gasteiger partial charge in [-0.25, -0.2) is 0 Å². The normalized spacial score (nSPS) is 21.2. The fraction of sp³-hybridized carbons (Fsp3) is 0.423. The molecule has 2 saturated heterocycles. The number of phenols is 1. The molecule has 61 heavy (non-hydrogen) atoms. The third-order valence-corrected chi connectivity index (χ3v) is 18.4. The molecule has 2 heterocycles. The smallest absolute Gasteiger partial charge is 0.261 e. The Hall–Kier alpha value is -4.64. The first kappa shape index (κ1) is 44.4. The first-order valence-electron chi connectivity index (χ1n) is 22.3. The summed E-state index contributed by atoms with van der Waals surface area (Å²) in [6, 6.07) is 38.3. The molecule has 7 rings (SSSR count). The molecule has 1 aliphatic carbocycles. The van der Waals surface area contributed by atoms with Gasteiger partial charge >= 0.3 is 0 Å². The summed E-state index contributed by atoms with van der Waals surface area (Å²) in [4.78, 5) is 33.3. The number of carbonyl (C=O) groups is 2. The van der Waals surface area contributed by atoms with Crippen molar-refractivity contribution in [1.29, 1.82) is 0 Å². The molecule has 3 N–H and O–H groups in total. The predicted molar refractivity (Wildman–Crippen MR) is 246 cm³/mol. The van der Waals surface area contributed by atoms with Crippen LogP contribution in [0.4, 0.5) is 0 Å². The maximum atomic E-state index is 14.7. The molecule has 9 heteroatoms. The number of aromatic hydroxyl groups is 1. The highest BCUT2D eigenvalue weighted by Gasteiger charge is 2.57. The highest BCUT2D eigenvalue weighted by molar-refractivity contribution is 6.99. The van der Waals surface area contributed by atoms with E-state index in [4.69, 9.17) is 4.43 Å². The number of piperidine rings is 1. The van der Waals surface area contributed by atoms with E-state index in [1.54, 1.807) is 17.0 Å². The summed E-state index contributed by atoms with van der Waals surface area (Å²) in [5.74, 6) is -2.31. The van der Waals surface area contributed by atoms with Gasteiger partial charge in [0.15, 0.2) is 0 Å². The number of nitrogens with zero attached hydrogens (tertiary/aromatic N) is 2. The lowest BCUT2D eigenvalue weighted by Crippen LogP contribution is -2.66. The second-order valence-corrected chi connectivity index (χ2v) is 22.6. The second kappa shape index (κ2) is 19.6. The van der Waals surface area contributed by atoms with Gasteiger partial charge in [0.2, 0.25) is 11.8 Å². The van der Waals surface area contributed by atoms with Gasteiger partial charge in [-0.2, -0.15) is 0 Å². The Morgan fingerprint density at radius 1 is 0.836 bits per heavy atom. The number of carbonyl (C=O) groups excluding carboxylic acids is 2. The Labute approximate surface area is 363 Å². The summed E-state index contributed by atoms with van der Waals surface area (Å²) >= 11 is 0. The van der Waals surface area contributed by atoms with Crippen LogP contribution < -0.4 is 10.4 Å². The summed E-state index contributed by atoms with van der Waals surface area (Å²) in [5, 5.41) is 36.3. The Balaban J connectivity index is 1.22. The van der Waals surface area contributed by atoms with E-state index in [0.717, 1.165) is 59.6 Å². The van der Waals surface area contributed by atoms with Gasteiger partial charge in [0.25, 0.3) is 8.32 Å². The standard InChI is InChI=1S/C52H64N2O6Si/c1-5-17-37(32-39-20-15-16-25-46(39)56)26-27-47(57)48-40(36-60-61(52(2,3)4,42-21-11-7-12-22-42)43-23-13-8-14-24-43)33-44-49(45(48)35-55)51(59)54(50(44)58)41-28-30-53(31-29-41)34-38-18-9-6-10-19-38/h6-16,18-25,32,41,44-45,47,49,55-57H,5,17,26-31,33-36H2,1-4H3/b37-32+/t44-,45+,47-,49-/m1/s1. The number of likely N-dealkylation sites (tertiary alicyclic amines) is 2. The van der Waals surface area contributed by atoms with E-state index in [1.807, 2.05) is 48.5 Å². The number of imide groups is 1. The van der Waals surface area contributed by atoms with Crippen LogP contribution in [-0.4, -0.2) is 83.7 Å². The average molecular weight is 841 g/mol. The summed E-state index contributed by atoms with van der Waals surface area (Å²) < 4.78 is 7.48. The van der Waals surface area contributed by atoms with E-state index in [9.17, 15) is 24.9 Å². The Bertz CT molecular complexity index is 2120. The number of aliphatic hydroxyl groups is 2. The molecule has 2 aliphatic heterocycles. The van der Waals surface area contributed by atoms with E-state index in [2.05, 4.69) is 93.3 Å². The van der Waals surface area contributed by atoms with Crippen LogP contribution in [0, 0.1) is 17.8 Å². The summed E-state index contributed by atoms with van der Waals surface area (Å²) in [7, 11) is -3.04. The first-order chi connectivity index (χ1) is 29.5. The Morgan fingerprint density at radius 2 is 1.43 bits per heavy atom. The quantitative estimate of drug-likeness (QED) is 0.0599. The van der Waals surface area contributed by atoms with Gasteiger partial charge in [-0.15, -0.1) is 0 Å². The number of aliphatic hydroxyl groups excluding tert-OH is 2. The minimum Gasteiger partial charge on any atom is -0.507 e. The van der Waals surface area contributed by atoms with Crippen LogP contribution in [0.1, 0.15) is 83.8 Å². The van der Waals surface area contributed by atoms with Crippen LogP contribution in [0.3, 0.4) is 0 Å². The number of para-hydroxylation sites is 1. The fourth-order valence-corrected chi connectivity index (χ4v) is 15.1. The number of fused-ring (bicyclic) bond motifs is 1.